The number of hydroxylamine groups is 2. The molecule has 0 bridgehead atoms. The third-order valence-electron chi connectivity index (χ3n) is 3.84. The van der Waals surface area contributed by atoms with E-state index in [0.29, 0.717) is 11.1 Å². The van der Waals surface area contributed by atoms with Crippen LogP contribution in [0.1, 0.15) is 29.8 Å². The van der Waals surface area contributed by atoms with E-state index in [0.717, 1.165) is 5.06 Å². The van der Waals surface area contributed by atoms with Crippen LogP contribution in [0.4, 0.5) is 4.79 Å². The number of esters is 1. The van der Waals surface area contributed by atoms with E-state index in [9.17, 15) is 14.4 Å². The molecule has 152 valence electrons. The summed E-state index contributed by atoms with van der Waals surface area (Å²) in [5.74, 6) is -0.886. The summed E-state index contributed by atoms with van der Waals surface area (Å²) in [4.78, 5) is 41.2. The van der Waals surface area contributed by atoms with E-state index in [1.165, 1.54) is 6.08 Å². The molecule has 1 heterocycles. The Hall–Kier alpha value is -2.91. The van der Waals surface area contributed by atoms with Gasteiger partial charge < -0.3 is 19.9 Å². The van der Waals surface area contributed by atoms with Crippen LogP contribution < -0.4 is 5.32 Å². The Balaban J connectivity index is 1.90. The Bertz CT molecular complexity index is 717. The largest absolute Gasteiger partial charge is 0.464 e. The van der Waals surface area contributed by atoms with Gasteiger partial charge in [-0.05, 0) is 37.6 Å². The van der Waals surface area contributed by atoms with Gasteiger partial charge in [-0.3, -0.25) is 4.79 Å². The maximum absolute atomic E-state index is 12.3. The number of hydrogen-bond acceptors (Lipinski definition) is 7. The van der Waals surface area contributed by atoms with Crippen molar-refractivity contribution in [3.8, 4) is 0 Å². The molecule has 1 aromatic carbocycles. The number of nitrogens with one attached hydrogen (secondary N) is 1. The highest BCUT2D eigenvalue weighted by molar-refractivity contribution is 5.94. The molecule has 1 aromatic rings. The van der Waals surface area contributed by atoms with E-state index < -0.39 is 24.2 Å². The Labute approximate surface area is 162 Å². The monoisotopic (exact) mass is 392 g/mol. The SMILES string of the molecule is CCOC(=O)C1C=CC(C)N(C(=O)OCc2ccc(C(=O)NCCO)cc2)O1. The molecule has 2 N–H and O–H groups in total. The van der Waals surface area contributed by atoms with Crippen molar-refractivity contribution in [2.45, 2.75) is 32.6 Å². The summed E-state index contributed by atoms with van der Waals surface area (Å²) >= 11 is 0. The van der Waals surface area contributed by atoms with Gasteiger partial charge in [0.1, 0.15) is 6.61 Å². The molecule has 2 rings (SSSR count). The zero-order valence-electron chi connectivity index (χ0n) is 15.8. The number of amides is 2. The minimum atomic E-state index is -1.000. The second kappa shape index (κ2) is 10.4. The first-order chi connectivity index (χ1) is 13.5. The number of carbonyl (C=O) groups is 3. The second-order valence-corrected chi connectivity index (χ2v) is 5.96. The van der Waals surface area contributed by atoms with Gasteiger partial charge in [-0.2, -0.15) is 5.06 Å². The van der Waals surface area contributed by atoms with Crippen LogP contribution in [0.2, 0.25) is 0 Å². The minimum Gasteiger partial charge on any atom is -0.464 e. The summed E-state index contributed by atoms with van der Waals surface area (Å²) in [5.41, 5.74) is 1.10. The van der Waals surface area contributed by atoms with Crippen molar-refractivity contribution in [1.82, 2.24) is 10.4 Å². The molecule has 0 radical (unpaired) electrons. The van der Waals surface area contributed by atoms with E-state index in [1.54, 1.807) is 44.2 Å². The normalized spacial score (nSPS) is 18.5. The maximum Gasteiger partial charge on any atom is 0.434 e. The van der Waals surface area contributed by atoms with Crippen LogP contribution in [0.5, 0.6) is 0 Å². The van der Waals surface area contributed by atoms with Crippen molar-refractivity contribution in [3.63, 3.8) is 0 Å². The van der Waals surface area contributed by atoms with Gasteiger partial charge in [-0.25, -0.2) is 14.4 Å². The van der Waals surface area contributed by atoms with Crippen LogP contribution in [-0.4, -0.2) is 60.0 Å². The highest BCUT2D eigenvalue weighted by atomic mass is 16.7. The molecule has 2 atom stereocenters. The number of aliphatic hydroxyl groups is 1. The van der Waals surface area contributed by atoms with Crippen LogP contribution in [0, 0.1) is 0 Å². The number of nitrogens with zero attached hydrogens (tertiary/aromatic N) is 1. The summed E-state index contributed by atoms with van der Waals surface area (Å²) in [6, 6.07) is 6.09. The molecule has 9 heteroatoms. The Morgan fingerprint density at radius 3 is 2.54 bits per heavy atom. The summed E-state index contributed by atoms with van der Waals surface area (Å²) in [7, 11) is 0. The van der Waals surface area contributed by atoms with E-state index in [4.69, 9.17) is 19.4 Å². The molecule has 0 saturated carbocycles. The number of hydrogen-bond donors (Lipinski definition) is 2. The van der Waals surface area contributed by atoms with Crippen molar-refractivity contribution in [2.24, 2.45) is 0 Å². The van der Waals surface area contributed by atoms with Gasteiger partial charge >= 0.3 is 12.1 Å². The second-order valence-electron chi connectivity index (χ2n) is 5.96. The number of ether oxygens (including phenoxy) is 2. The summed E-state index contributed by atoms with van der Waals surface area (Å²) in [6.07, 6.45) is 1.45. The van der Waals surface area contributed by atoms with Crippen molar-refractivity contribution < 1.29 is 33.8 Å². The van der Waals surface area contributed by atoms with Crippen LogP contribution >= 0.6 is 0 Å². The average molecular weight is 392 g/mol. The van der Waals surface area contributed by atoms with Gasteiger partial charge in [-0.15, -0.1) is 0 Å². The lowest BCUT2D eigenvalue weighted by molar-refractivity contribution is -0.200. The standard InChI is InChI=1S/C19H24N2O7/c1-3-26-18(24)16-9-4-13(2)21(28-16)19(25)27-12-14-5-7-15(8-6-14)17(23)20-10-11-22/h4-9,13,16,22H,3,10-12H2,1-2H3,(H,20,23). The van der Waals surface area contributed by atoms with Gasteiger partial charge in [0, 0.05) is 12.1 Å². The van der Waals surface area contributed by atoms with E-state index in [-0.39, 0.29) is 32.3 Å². The summed E-state index contributed by atoms with van der Waals surface area (Å²) < 4.78 is 10.1. The molecular formula is C19H24N2O7. The zero-order valence-corrected chi connectivity index (χ0v) is 15.8. The molecular weight excluding hydrogens is 368 g/mol. The van der Waals surface area contributed by atoms with Crippen LogP contribution in [-0.2, 0) is 25.7 Å². The predicted molar refractivity (Wildman–Crippen MR) is 98.0 cm³/mol. The predicted octanol–water partition coefficient (Wildman–Crippen LogP) is 1.17. The number of rotatable bonds is 7. The van der Waals surface area contributed by atoms with Crippen molar-refractivity contribution in [1.29, 1.82) is 0 Å². The first-order valence-corrected chi connectivity index (χ1v) is 8.92. The quantitative estimate of drug-likeness (QED) is 0.529. The third-order valence-corrected chi connectivity index (χ3v) is 3.84. The van der Waals surface area contributed by atoms with Crippen molar-refractivity contribution in [3.05, 3.63) is 47.5 Å². The van der Waals surface area contributed by atoms with Gasteiger partial charge in [0.25, 0.3) is 5.91 Å². The molecule has 0 fully saturated rings. The highest BCUT2D eigenvalue weighted by Gasteiger charge is 2.32. The summed E-state index contributed by atoms with van der Waals surface area (Å²) in [6.45, 7) is 3.62. The fraction of sp³-hybridized carbons (Fsp3) is 0.421. The van der Waals surface area contributed by atoms with Gasteiger partial charge in [0.2, 0.25) is 6.10 Å². The minimum absolute atomic E-state index is 0.0300. The molecule has 28 heavy (non-hydrogen) atoms. The lowest BCUT2D eigenvalue weighted by Gasteiger charge is -2.31. The molecule has 2 unspecified atom stereocenters. The molecule has 0 spiro atoms. The highest BCUT2D eigenvalue weighted by Crippen LogP contribution is 2.17. The van der Waals surface area contributed by atoms with Crippen molar-refractivity contribution >= 4 is 18.0 Å². The first kappa shape index (κ1) is 21.4. The molecule has 0 aromatic heterocycles. The summed E-state index contributed by atoms with van der Waals surface area (Å²) in [5, 5.41) is 12.3. The molecule has 2 amide bonds. The van der Waals surface area contributed by atoms with Gasteiger partial charge in [0.05, 0.1) is 19.3 Å². The van der Waals surface area contributed by atoms with Gasteiger partial charge in [-0.1, -0.05) is 18.2 Å². The van der Waals surface area contributed by atoms with E-state index in [2.05, 4.69) is 5.32 Å². The number of benzene rings is 1. The number of carbonyl (C=O) groups excluding carboxylic acids is 3. The lowest BCUT2D eigenvalue weighted by atomic mass is 10.1. The fourth-order valence-electron chi connectivity index (χ4n) is 2.38. The maximum atomic E-state index is 12.3. The van der Waals surface area contributed by atoms with Crippen LogP contribution in [0.25, 0.3) is 0 Å². The van der Waals surface area contributed by atoms with Crippen LogP contribution in [0.15, 0.2) is 36.4 Å². The Morgan fingerprint density at radius 1 is 1.18 bits per heavy atom. The van der Waals surface area contributed by atoms with Crippen LogP contribution in [0.3, 0.4) is 0 Å². The molecule has 9 nitrogen and oxygen atoms in total. The Morgan fingerprint density at radius 2 is 1.89 bits per heavy atom. The zero-order chi connectivity index (χ0) is 20.5. The molecule has 1 aliphatic rings. The molecule has 1 aliphatic heterocycles. The molecule has 0 saturated heterocycles. The Kier molecular flexibility index (Phi) is 7.97. The topological polar surface area (TPSA) is 114 Å². The first-order valence-electron chi connectivity index (χ1n) is 8.92. The number of aliphatic hydroxyl groups excluding tert-OH is 1. The van der Waals surface area contributed by atoms with E-state index >= 15 is 0 Å². The third kappa shape index (κ3) is 5.80. The lowest BCUT2D eigenvalue weighted by Crippen LogP contribution is -2.45. The molecule has 0 aliphatic carbocycles. The smallest absolute Gasteiger partial charge is 0.434 e. The van der Waals surface area contributed by atoms with E-state index in [1.807, 2.05) is 0 Å². The average Bonchev–Trinajstić information content (AvgIpc) is 2.71. The fourth-order valence-corrected chi connectivity index (χ4v) is 2.38. The van der Waals surface area contributed by atoms with Gasteiger partial charge in [0.15, 0.2) is 0 Å². The van der Waals surface area contributed by atoms with Crippen molar-refractivity contribution in [2.75, 3.05) is 19.8 Å².